The Kier molecular flexibility index (Phi) is 7.43. The first-order chi connectivity index (χ1) is 16.6. The molecule has 2 N–H and O–H groups in total. The van der Waals surface area contributed by atoms with E-state index in [1.54, 1.807) is 12.2 Å². The lowest BCUT2D eigenvalue weighted by molar-refractivity contribution is 0.343. The number of aliphatic hydroxyl groups is 2. The van der Waals surface area contributed by atoms with Crippen LogP contribution in [0.5, 0.6) is 23.0 Å². The Bertz CT molecular complexity index is 1220. The van der Waals surface area contributed by atoms with E-state index >= 15 is 0 Å². The first kappa shape index (κ1) is 23.3. The molecule has 0 aromatic heterocycles. The molecular formula is C30H28O4. The molecule has 0 aliphatic carbocycles. The summed E-state index contributed by atoms with van der Waals surface area (Å²) >= 11 is 0. The Balaban J connectivity index is 1.49. The molecule has 172 valence electrons. The van der Waals surface area contributed by atoms with Crippen LogP contribution >= 0.6 is 0 Å². The average molecular weight is 453 g/mol. The number of fused-ring (bicyclic) bond motifs is 1. The molecule has 0 heterocycles. The minimum atomic E-state index is 0.0276. The number of aliphatic hydroxyl groups excluding tert-OH is 2. The van der Waals surface area contributed by atoms with Gasteiger partial charge >= 0.3 is 0 Å². The average Bonchev–Trinajstić information content (AvgIpc) is 2.85. The van der Waals surface area contributed by atoms with Gasteiger partial charge in [-0.3, -0.25) is 0 Å². The summed E-state index contributed by atoms with van der Waals surface area (Å²) in [5, 5.41) is 20.2. The highest BCUT2D eigenvalue weighted by Gasteiger charge is 2.05. The third-order valence-electron chi connectivity index (χ3n) is 5.67. The molecule has 0 fully saturated rings. The molecule has 4 rings (SSSR count). The van der Waals surface area contributed by atoms with E-state index in [2.05, 4.69) is 0 Å². The van der Waals surface area contributed by atoms with Gasteiger partial charge in [-0.05, 0) is 95.4 Å². The van der Waals surface area contributed by atoms with Gasteiger partial charge < -0.3 is 19.7 Å². The van der Waals surface area contributed by atoms with Crippen molar-refractivity contribution in [1.82, 2.24) is 0 Å². The zero-order chi connectivity index (χ0) is 23.9. The van der Waals surface area contributed by atoms with Crippen LogP contribution in [-0.4, -0.2) is 23.4 Å². The minimum Gasteiger partial charge on any atom is -0.457 e. The Morgan fingerprint density at radius 2 is 0.941 bits per heavy atom. The normalized spacial score (nSPS) is 12.1. The fourth-order valence-corrected chi connectivity index (χ4v) is 3.68. The van der Waals surface area contributed by atoms with Crippen molar-refractivity contribution < 1.29 is 19.7 Å². The summed E-state index contributed by atoms with van der Waals surface area (Å²) in [6.07, 6.45) is 3.56. The van der Waals surface area contributed by atoms with Crippen LogP contribution in [0.4, 0.5) is 0 Å². The molecule has 4 heteroatoms. The molecule has 0 spiro atoms. The number of ether oxygens (including phenoxy) is 2. The standard InChI is InChI=1S/C30H28O4/c1-21(15-17-31)23-3-9-27(10-4-23)33-29-13-7-25-8-14-30(20-26(25)19-29)34-28-11-5-24(6-12-28)22(2)16-18-32/h3-16,19-20,31-32H,17-18H2,1-2H3/b21-15+,22-16+. The van der Waals surface area contributed by atoms with Crippen LogP contribution in [0.3, 0.4) is 0 Å². The second-order valence-electron chi connectivity index (χ2n) is 8.06. The minimum absolute atomic E-state index is 0.0276. The highest BCUT2D eigenvalue weighted by molar-refractivity contribution is 5.85. The molecule has 0 saturated carbocycles. The SMILES string of the molecule is C/C(=C\CO)c1ccc(Oc2ccc3ccc(Oc4ccc(/C(C)=C/CO)cc4)cc3c2)cc1. The van der Waals surface area contributed by atoms with E-state index in [1.165, 1.54) is 0 Å². The van der Waals surface area contributed by atoms with Gasteiger partial charge in [0.05, 0.1) is 13.2 Å². The van der Waals surface area contributed by atoms with Crippen molar-refractivity contribution in [2.24, 2.45) is 0 Å². The van der Waals surface area contributed by atoms with Gasteiger partial charge in [-0.15, -0.1) is 0 Å². The fraction of sp³-hybridized carbons (Fsp3) is 0.133. The molecule has 0 bridgehead atoms. The second-order valence-corrected chi connectivity index (χ2v) is 8.06. The molecule has 4 aromatic rings. The maximum Gasteiger partial charge on any atom is 0.128 e. The largest absolute Gasteiger partial charge is 0.457 e. The second kappa shape index (κ2) is 10.8. The van der Waals surface area contributed by atoms with Gasteiger partial charge in [0.2, 0.25) is 0 Å². The quantitative estimate of drug-likeness (QED) is 0.296. The monoisotopic (exact) mass is 452 g/mol. The summed E-state index contributed by atoms with van der Waals surface area (Å²) in [5.74, 6) is 2.99. The van der Waals surface area contributed by atoms with Crippen molar-refractivity contribution in [3.63, 3.8) is 0 Å². The number of rotatable bonds is 8. The fourth-order valence-electron chi connectivity index (χ4n) is 3.68. The van der Waals surface area contributed by atoms with Gasteiger partial charge in [0.25, 0.3) is 0 Å². The van der Waals surface area contributed by atoms with E-state index in [-0.39, 0.29) is 13.2 Å². The summed E-state index contributed by atoms with van der Waals surface area (Å²) in [4.78, 5) is 0. The van der Waals surface area contributed by atoms with Crippen molar-refractivity contribution in [3.8, 4) is 23.0 Å². The van der Waals surface area contributed by atoms with Crippen LogP contribution in [0.15, 0.2) is 97.1 Å². The zero-order valence-electron chi connectivity index (χ0n) is 19.4. The van der Waals surface area contributed by atoms with Crippen molar-refractivity contribution in [2.75, 3.05) is 13.2 Å². The summed E-state index contributed by atoms with van der Waals surface area (Å²) in [5.41, 5.74) is 4.15. The van der Waals surface area contributed by atoms with E-state index in [1.807, 2.05) is 98.8 Å². The number of benzene rings is 4. The maximum atomic E-state index is 9.07. The molecule has 0 saturated heterocycles. The maximum absolute atomic E-state index is 9.07. The lowest BCUT2D eigenvalue weighted by Crippen LogP contribution is -1.88. The van der Waals surface area contributed by atoms with E-state index < -0.39 is 0 Å². The summed E-state index contributed by atoms with van der Waals surface area (Å²) in [7, 11) is 0. The van der Waals surface area contributed by atoms with Crippen molar-refractivity contribution >= 4 is 21.9 Å². The molecule has 4 aromatic carbocycles. The van der Waals surface area contributed by atoms with Crippen LogP contribution in [-0.2, 0) is 0 Å². The van der Waals surface area contributed by atoms with Gasteiger partial charge in [0.1, 0.15) is 23.0 Å². The topological polar surface area (TPSA) is 58.9 Å². The number of hydrogen-bond acceptors (Lipinski definition) is 4. The Morgan fingerprint density at radius 1 is 0.559 bits per heavy atom. The molecule has 0 aliphatic rings. The third kappa shape index (κ3) is 5.73. The smallest absolute Gasteiger partial charge is 0.128 e. The number of hydrogen-bond donors (Lipinski definition) is 2. The van der Waals surface area contributed by atoms with Gasteiger partial charge in [-0.1, -0.05) is 48.6 Å². The molecule has 0 unspecified atom stereocenters. The van der Waals surface area contributed by atoms with Crippen LogP contribution < -0.4 is 9.47 Å². The molecule has 4 nitrogen and oxygen atoms in total. The first-order valence-corrected chi connectivity index (χ1v) is 11.2. The van der Waals surface area contributed by atoms with E-state index in [4.69, 9.17) is 19.7 Å². The predicted molar refractivity (Wildman–Crippen MR) is 138 cm³/mol. The van der Waals surface area contributed by atoms with Crippen LogP contribution in [0.1, 0.15) is 25.0 Å². The van der Waals surface area contributed by atoms with Crippen LogP contribution in [0, 0.1) is 0 Å². The van der Waals surface area contributed by atoms with Gasteiger partial charge in [-0.2, -0.15) is 0 Å². The summed E-state index contributed by atoms with van der Waals surface area (Å²) in [6, 6.07) is 27.6. The molecule has 0 amide bonds. The highest BCUT2D eigenvalue weighted by atomic mass is 16.5. The number of allylic oxidation sites excluding steroid dienone is 2. The van der Waals surface area contributed by atoms with Crippen molar-refractivity contribution in [2.45, 2.75) is 13.8 Å². The van der Waals surface area contributed by atoms with Gasteiger partial charge in [0, 0.05) is 0 Å². The van der Waals surface area contributed by atoms with Gasteiger partial charge in [-0.25, -0.2) is 0 Å². The molecule has 0 radical (unpaired) electrons. The van der Waals surface area contributed by atoms with Crippen molar-refractivity contribution in [1.29, 1.82) is 0 Å². The summed E-state index contributed by atoms with van der Waals surface area (Å²) < 4.78 is 12.1. The lowest BCUT2D eigenvalue weighted by atomic mass is 10.1. The molecule has 0 aliphatic heterocycles. The summed E-state index contributed by atoms with van der Waals surface area (Å²) in [6.45, 7) is 4.00. The highest BCUT2D eigenvalue weighted by Crippen LogP contribution is 2.31. The Labute approximate surface area is 200 Å². The van der Waals surface area contributed by atoms with E-state index in [0.717, 1.165) is 56.0 Å². The Morgan fingerprint density at radius 3 is 1.32 bits per heavy atom. The molecular weight excluding hydrogens is 424 g/mol. The van der Waals surface area contributed by atoms with Crippen LogP contribution in [0.25, 0.3) is 21.9 Å². The third-order valence-corrected chi connectivity index (χ3v) is 5.67. The lowest BCUT2D eigenvalue weighted by Gasteiger charge is -2.10. The zero-order valence-corrected chi connectivity index (χ0v) is 19.4. The van der Waals surface area contributed by atoms with Crippen molar-refractivity contribution in [3.05, 3.63) is 108 Å². The Hall–Kier alpha value is -3.86. The molecule has 34 heavy (non-hydrogen) atoms. The predicted octanol–water partition coefficient (Wildman–Crippen LogP) is 7.22. The van der Waals surface area contributed by atoms with E-state index in [0.29, 0.717) is 0 Å². The first-order valence-electron chi connectivity index (χ1n) is 11.2. The van der Waals surface area contributed by atoms with Crippen LogP contribution in [0.2, 0.25) is 0 Å². The van der Waals surface area contributed by atoms with Gasteiger partial charge in [0.15, 0.2) is 0 Å². The molecule has 0 atom stereocenters. The van der Waals surface area contributed by atoms with E-state index in [9.17, 15) is 0 Å².